The average molecular weight is 633 g/mol. The molecule has 13 nitrogen and oxygen atoms in total. The fourth-order valence-electron chi connectivity index (χ4n) is 4.02. The standard InChI is InChI=1S/C32H44N2O11/c35-30-28-8-4-5-9-29(28)31(36)34(30)11-13-39-15-17-41-19-21-43-23-25-44-24-22-42-20-18-40-16-14-38-12-10-33-32(37)45-26-27-6-2-1-3-7-27/h1-9H,10-26H2,(H,33,37). The average Bonchev–Trinajstić information content (AvgIpc) is 3.31. The molecule has 13 heteroatoms. The number of fused-ring (bicyclic) bond motifs is 1. The number of rotatable bonds is 26. The number of benzene rings is 2. The van der Waals surface area contributed by atoms with Crippen LogP contribution in [0.5, 0.6) is 0 Å². The van der Waals surface area contributed by atoms with Gasteiger partial charge in [-0.2, -0.15) is 0 Å². The lowest BCUT2D eigenvalue weighted by atomic mass is 10.1. The Morgan fingerprint density at radius 3 is 1.40 bits per heavy atom. The molecule has 248 valence electrons. The van der Waals surface area contributed by atoms with Gasteiger partial charge in [-0.1, -0.05) is 42.5 Å². The van der Waals surface area contributed by atoms with Crippen LogP contribution in [0, 0.1) is 0 Å². The topological polar surface area (TPSA) is 140 Å². The summed E-state index contributed by atoms with van der Waals surface area (Å²) in [6.45, 7) is 6.63. The van der Waals surface area contributed by atoms with E-state index in [2.05, 4.69) is 5.32 Å². The number of carbonyl (C=O) groups is 3. The first-order chi connectivity index (χ1) is 22.2. The van der Waals surface area contributed by atoms with Crippen molar-refractivity contribution in [2.24, 2.45) is 0 Å². The molecule has 1 aliphatic rings. The number of hydrogen-bond acceptors (Lipinski definition) is 11. The molecule has 0 atom stereocenters. The first-order valence-corrected chi connectivity index (χ1v) is 15.1. The van der Waals surface area contributed by atoms with Crippen molar-refractivity contribution in [3.05, 3.63) is 71.3 Å². The number of imide groups is 1. The monoisotopic (exact) mass is 632 g/mol. The van der Waals surface area contributed by atoms with Gasteiger partial charge in [-0.25, -0.2) is 4.79 Å². The summed E-state index contributed by atoms with van der Waals surface area (Å²) in [7, 11) is 0. The third-order valence-corrected chi connectivity index (χ3v) is 6.30. The van der Waals surface area contributed by atoms with E-state index in [9.17, 15) is 14.4 Å². The zero-order valence-electron chi connectivity index (χ0n) is 25.7. The number of carbonyl (C=O) groups excluding carboxylic acids is 3. The highest BCUT2D eigenvalue weighted by Gasteiger charge is 2.34. The van der Waals surface area contributed by atoms with Crippen LogP contribution in [-0.4, -0.2) is 128 Å². The summed E-state index contributed by atoms with van der Waals surface area (Å²) >= 11 is 0. The van der Waals surface area contributed by atoms with Gasteiger partial charge in [-0.3, -0.25) is 14.5 Å². The minimum absolute atomic E-state index is 0.210. The number of amides is 3. The van der Waals surface area contributed by atoms with E-state index in [0.717, 1.165) is 5.56 Å². The molecular weight excluding hydrogens is 588 g/mol. The van der Waals surface area contributed by atoms with E-state index in [1.54, 1.807) is 24.3 Å². The van der Waals surface area contributed by atoms with E-state index in [-0.39, 0.29) is 31.6 Å². The van der Waals surface area contributed by atoms with Crippen molar-refractivity contribution in [2.45, 2.75) is 6.61 Å². The molecule has 0 saturated carbocycles. The molecule has 0 fully saturated rings. The first-order valence-electron chi connectivity index (χ1n) is 15.1. The molecule has 0 aliphatic carbocycles. The fraction of sp³-hybridized carbons (Fsp3) is 0.531. The van der Waals surface area contributed by atoms with E-state index in [1.165, 1.54) is 4.90 Å². The molecule has 0 spiro atoms. The van der Waals surface area contributed by atoms with Crippen LogP contribution in [-0.2, 0) is 44.5 Å². The molecular formula is C32H44N2O11. The summed E-state index contributed by atoms with van der Waals surface area (Å²) in [6.07, 6.45) is -0.477. The van der Waals surface area contributed by atoms with Gasteiger partial charge in [0.1, 0.15) is 6.61 Å². The zero-order chi connectivity index (χ0) is 31.8. The van der Waals surface area contributed by atoms with Gasteiger partial charge in [0.15, 0.2) is 0 Å². The number of alkyl carbamates (subject to hydrolysis) is 1. The predicted octanol–water partition coefficient (Wildman–Crippen LogP) is 2.33. The SMILES string of the molecule is O=C(NCCOCCOCCOCCOCCOCCOCCOCCN1C(=O)c2ccccc2C1=O)OCc1ccccc1. The minimum Gasteiger partial charge on any atom is -0.445 e. The maximum atomic E-state index is 12.3. The zero-order valence-corrected chi connectivity index (χ0v) is 25.7. The Morgan fingerprint density at radius 1 is 0.533 bits per heavy atom. The molecule has 0 radical (unpaired) electrons. The van der Waals surface area contributed by atoms with Gasteiger partial charge >= 0.3 is 6.09 Å². The first kappa shape index (κ1) is 36.0. The van der Waals surface area contributed by atoms with Gasteiger partial charge in [0.25, 0.3) is 11.8 Å². The molecule has 3 rings (SSSR count). The second kappa shape index (κ2) is 23.0. The molecule has 1 aliphatic heterocycles. The summed E-state index contributed by atoms with van der Waals surface area (Å²) in [6, 6.07) is 16.3. The normalized spacial score (nSPS) is 12.5. The number of ether oxygens (including phenoxy) is 8. The minimum atomic E-state index is -0.477. The molecule has 3 amide bonds. The Morgan fingerprint density at radius 2 is 0.933 bits per heavy atom. The quantitative estimate of drug-likeness (QED) is 0.121. The van der Waals surface area contributed by atoms with Crippen molar-refractivity contribution in [2.75, 3.05) is 106 Å². The summed E-state index contributed by atoms with van der Waals surface area (Å²) in [5.41, 5.74) is 1.81. The predicted molar refractivity (Wildman–Crippen MR) is 162 cm³/mol. The molecule has 0 saturated heterocycles. The number of nitrogens with zero attached hydrogens (tertiary/aromatic N) is 1. The van der Waals surface area contributed by atoms with Crippen LogP contribution in [0.25, 0.3) is 0 Å². The highest BCUT2D eigenvalue weighted by atomic mass is 16.6. The molecule has 2 aromatic rings. The molecule has 1 heterocycles. The third kappa shape index (κ3) is 14.9. The Balaban J connectivity index is 0.963. The van der Waals surface area contributed by atoms with Crippen LogP contribution >= 0.6 is 0 Å². The van der Waals surface area contributed by atoms with Gasteiger partial charge in [-0.05, 0) is 17.7 Å². The maximum absolute atomic E-state index is 12.3. The second-order valence-electron chi connectivity index (χ2n) is 9.58. The number of hydrogen-bond donors (Lipinski definition) is 1. The highest BCUT2D eigenvalue weighted by molar-refractivity contribution is 6.21. The Hall–Kier alpha value is -3.43. The molecule has 2 aromatic carbocycles. The fourth-order valence-corrected chi connectivity index (χ4v) is 4.02. The molecule has 45 heavy (non-hydrogen) atoms. The lowest BCUT2D eigenvalue weighted by Crippen LogP contribution is -2.33. The van der Waals surface area contributed by atoms with Crippen molar-refractivity contribution in [1.82, 2.24) is 10.2 Å². The van der Waals surface area contributed by atoms with Gasteiger partial charge in [0.2, 0.25) is 0 Å². The van der Waals surface area contributed by atoms with Crippen LogP contribution in [0.15, 0.2) is 54.6 Å². The number of nitrogens with one attached hydrogen (secondary N) is 1. The molecule has 1 N–H and O–H groups in total. The van der Waals surface area contributed by atoms with Gasteiger partial charge in [0.05, 0.1) is 110 Å². The molecule has 0 aromatic heterocycles. The van der Waals surface area contributed by atoms with Crippen molar-refractivity contribution in [3.63, 3.8) is 0 Å². The molecule has 0 unspecified atom stereocenters. The molecule has 0 bridgehead atoms. The van der Waals surface area contributed by atoms with E-state index in [1.807, 2.05) is 30.3 Å². The van der Waals surface area contributed by atoms with Crippen LogP contribution in [0.3, 0.4) is 0 Å². The smallest absolute Gasteiger partial charge is 0.407 e. The Kier molecular flexibility index (Phi) is 18.4. The van der Waals surface area contributed by atoms with Crippen LogP contribution in [0.2, 0.25) is 0 Å². The van der Waals surface area contributed by atoms with Crippen LogP contribution < -0.4 is 5.32 Å². The van der Waals surface area contributed by atoms with E-state index >= 15 is 0 Å². The summed E-state index contributed by atoms with van der Waals surface area (Å²) < 4.78 is 43.3. The van der Waals surface area contributed by atoms with Crippen molar-refractivity contribution in [3.8, 4) is 0 Å². The van der Waals surface area contributed by atoms with Gasteiger partial charge < -0.3 is 43.2 Å². The Labute approximate surface area is 263 Å². The van der Waals surface area contributed by atoms with Crippen molar-refractivity contribution >= 4 is 17.9 Å². The van der Waals surface area contributed by atoms with E-state index in [0.29, 0.717) is 104 Å². The van der Waals surface area contributed by atoms with Crippen molar-refractivity contribution < 1.29 is 52.3 Å². The Bertz CT molecular complexity index is 1080. The lowest BCUT2D eigenvalue weighted by Gasteiger charge is -2.13. The third-order valence-electron chi connectivity index (χ3n) is 6.30. The highest BCUT2D eigenvalue weighted by Crippen LogP contribution is 2.21. The van der Waals surface area contributed by atoms with E-state index < -0.39 is 6.09 Å². The van der Waals surface area contributed by atoms with E-state index in [4.69, 9.17) is 37.9 Å². The van der Waals surface area contributed by atoms with Gasteiger partial charge in [0, 0.05) is 6.54 Å². The lowest BCUT2D eigenvalue weighted by molar-refractivity contribution is -0.0206. The summed E-state index contributed by atoms with van der Waals surface area (Å²) in [5, 5.41) is 2.63. The largest absolute Gasteiger partial charge is 0.445 e. The van der Waals surface area contributed by atoms with Crippen LogP contribution in [0.1, 0.15) is 26.3 Å². The van der Waals surface area contributed by atoms with Gasteiger partial charge in [-0.15, -0.1) is 0 Å². The van der Waals surface area contributed by atoms with Crippen LogP contribution in [0.4, 0.5) is 4.79 Å². The summed E-state index contributed by atoms with van der Waals surface area (Å²) in [5.74, 6) is -0.563. The maximum Gasteiger partial charge on any atom is 0.407 e. The second-order valence-corrected chi connectivity index (χ2v) is 9.58. The van der Waals surface area contributed by atoms with Crippen molar-refractivity contribution in [1.29, 1.82) is 0 Å². The summed E-state index contributed by atoms with van der Waals surface area (Å²) in [4.78, 5) is 37.4.